The minimum atomic E-state index is -0.442. The second kappa shape index (κ2) is 9.61. The first kappa shape index (κ1) is 22.3. The predicted octanol–water partition coefficient (Wildman–Crippen LogP) is 3.80. The second-order valence-corrected chi connectivity index (χ2v) is 7.83. The van der Waals surface area contributed by atoms with Crippen LogP contribution in [0.1, 0.15) is 24.4 Å². The van der Waals surface area contributed by atoms with Gasteiger partial charge in [-0.05, 0) is 43.7 Å². The Morgan fingerprint density at radius 3 is 2.61 bits per heavy atom. The average Bonchev–Trinajstić information content (AvgIpc) is 3.16. The molecule has 9 nitrogen and oxygen atoms in total. The molecule has 1 aromatic heterocycles. The standard InChI is InChI=1S/C21H23N5O4S/c1-14(16-6-5-7-18(12-16)26(28)29)24(3)20(27)13-31-21-23-22-15(2)25(21)17-8-10-19(30-4)11-9-17/h5-12,14H,13H2,1-4H3. The number of benzene rings is 2. The van der Waals surface area contributed by atoms with Crippen LogP contribution in [0.15, 0.2) is 53.7 Å². The third kappa shape index (κ3) is 5.02. The lowest BCUT2D eigenvalue weighted by atomic mass is 10.1. The van der Waals surface area contributed by atoms with Gasteiger partial charge in [-0.2, -0.15) is 0 Å². The van der Waals surface area contributed by atoms with Crippen molar-refractivity contribution in [2.75, 3.05) is 19.9 Å². The number of nitro groups is 1. The lowest BCUT2D eigenvalue weighted by molar-refractivity contribution is -0.384. The highest BCUT2D eigenvalue weighted by Gasteiger charge is 2.21. The highest BCUT2D eigenvalue weighted by atomic mass is 32.2. The summed E-state index contributed by atoms with van der Waals surface area (Å²) in [6.07, 6.45) is 0. The molecule has 3 aromatic rings. The number of nitro benzene ring substituents is 1. The van der Waals surface area contributed by atoms with Crippen LogP contribution in [0.3, 0.4) is 0 Å². The van der Waals surface area contributed by atoms with Gasteiger partial charge in [0.25, 0.3) is 5.69 Å². The van der Waals surface area contributed by atoms with E-state index in [4.69, 9.17) is 4.74 Å². The van der Waals surface area contributed by atoms with Crippen molar-refractivity contribution in [1.29, 1.82) is 0 Å². The van der Waals surface area contributed by atoms with Gasteiger partial charge in [0.05, 0.1) is 23.8 Å². The Morgan fingerprint density at radius 2 is 1.97 bits per heavy atom. The molecule has 0 N–H and O–H groups in total. The summed E-state index contributed by atoms with van der Waals surface area (Å²) in [6.45, 7) is 3.69. The summed E-state index contributed by atoms with van der Waals surface area (Å²) in [7, 11) is 3.29. The predicted molar refractivity (Wildman–Crippen MR) is 118 cm³/mol. The minimum absolute atomic E-state index is 0.00245. The van der Waals surface area contributed by atoms with E-state index in [1.165, 1.54) is 23.9 Å². The summed E-state index contributed by atoms with van der Waals surface area (Å²) in [5.74, 6) is 1.49. The number of aromatic nitrogens is 3. The Balaban J connectivity index is 1.70. The number of non-ortho nitro benzene ring substituents is 1. The lowest BCUT2D eigenvalue weighted by Crippen LogP contribution is -2.31. The number of rotatable bonds is 8. The molecular weight excluding hydrogens is 418 g/mol. The van der Waals surface area contributed by atoms with E-state index in [1.54, 1.807) is 31.2 Å². The van der Waals surface area contributed by atoms with Crippen molar-refractivity contribution in [2.45, 2.75) is 25.0 Å². The minimum Gasteiger partial charge on any atom is -0.497 e. The summed E-state index contributed by atoms with van der Waals surface area (Å²) in [6, 6.07) is 13.5. The Bertz CT molecular complexity index is 1080. The van der Waals surface area contributed by atoms with Gasteiger partial charge < -0.3 is 9.64 Å². The van der Waals surface area contributed by atoms with E-state index in [2.05, 4.69) is 10.2 Å². The van der Waals surface area contributed by atoms with Crippen molar-refractivity contribution >= 4 is 23.4 Å². The Kier molecular flexibility index (Phi) is 6.91. The van der Waals surface area contributed by atoms with Gasteiger partial charge in [0.15, 0.2) is 5.16 Å². The molecular formula is C21H23N5O4S. The molecule has 0 aliphatic carbocycles. The Hall–Kier alpha value is -3.40. The first-order chi connectivity index (χ1) is 14.8. The first-order valence-corrected chi connectivity index (χ1v) is 10.5. The second-order valence-electron chi connectivity index (χ2n) is 6.88. The molecule has 31 heavy (non-hydrogen) atoms. The van der Waals surface area contributed by atoms with Crippen molar-refractivity contribution in [3.05, 3.63) is 70.0 Å². The maximum atomic E-state index is 12.8. The molecule has 0 fully saturated rings. The molecule has 1 amide bonds. The van der Waals surface area contributed by atoms with Crippen molar-refractivity contribution in [3.8, 4) is 11.4 Å². The summed E-state index contributed by atoms with van der Waals surface area (Å²) < 4.78 is 7.07. The Labute approximate surface area is 184 Å². The topological polar surface area (TPSA) is 103 Å². The fourth-order valence-corrected chi connectivity index (χ4v) is 3.95. The first-order valence-electron chi connectivity index (χ1n) is 9.51. The average molecular weight is 442 g/mol. The molecule has 0 saturated heterocycles. The number of carbonyl (C=O) groups excluding carboxylic acids is 1. The highest BCUT2D eigenvalue weighted by molar-refractivity contribution is 7.99. The molecule has 0 radical (unpaired) electrons. The van der Waals surface area contributed by atoms with Crippen LogP contribution in [-0.2, 0) is 4.79 Å². The fourth-order valence-electron chi connectivity index (χ4n) is 3.03. The molecule has 10 heteroatoms. The van der Waals surface area contributed by atoms with E-state index in [9.17, 15) is 14.9 Å². The van der Waals surface area contributed by atoms with Crippen molar-refractivity contribution in [3.63, 3.8) is 0 Å². The molecule has 1 atom stereocenters. The third-order valence-electron chi connectivity index (χ3n) is 4.99. The number of carbonyl (C=O) groups is 1. The van der Waals surface area contributed by atoms with Gasteiger partial charge >= 0.3 is 0 Å². The van der Waals surface area contributed by atoms with Crippen LogP contribution in [0.4, 0.5) is 5.69 Å². The number of thioether (sulfide) groups is 1. The number of nitrogens with zero attached hydrogens (tertiary/aromatic N) is 5. The number of hydrogen-bond acceptors (Lipinski definition) is 7. The number of hydrogen-bond donors (Lipinski definition) is 0. The van der Waals surface area contributed by atoms with Crippen LogP contribution < -0.4 is 4.74 Å². The zero-order valence-corrected chi connectivity index (χ0v) is 18.5. The summed E-state index contributed by atoms with van der Waals surface area (Å²) in [5, 5.41) is 20.0. The molecule has 0 bridgehead atoms. The van der Waals surface area contributed by atoms with Gasteiger partial charge in [0.1, 0.15) is 11.6 Å². The van der Waals surface area contributed by atoms with Gasteiger partial charge in [0.2, 0.25) is 5.91 Å². The normalized spacial score (nSPS) is 11.7. The van der Waals surface area contributed by atoms with Crippen LogP contribution in [0.25, 0.3) is 5.69 Å². The smallest absolute Gasteiger partial charge is 0.269 e. The number of amides is 1. The third-order valence-corrected chi connectivity index (χ3v) is 5.90. The van der Waals surface area contributed by atoms with Crippen LogP contribution in [0, 0.1) is 17.0 Å². The molecule has 0 saturated carbocycles. The molecule has 0 aliphatic heterocycles. The molecule has 0 spiro atoms. The van der Waals surface area contributed by atoms with E-state index >= 15 is 0 Å². The van der Waals surface area contributed by atoms with Gasteiger partial charge in [-0.25, -0.2) is 0 Å². The van der Waals surface area contributed by atoms with Gasteiger partial charge in [-0.3, -0.25) is 19.5 Å². The van der Waals surface area contributed by atoms with E-state index in [-0.39, 0.29) is 23.4 Å². The van der Waals surface area contributed by atoms with E-state index in [1.807, 2.05) is 42.7 Å². The molecule has 1 heterocycles. The zero-order chi connectivity index (χ0) is 22.5. The summed E-state index contributed by atoms with van der Waals surface area (Å²) in [5.41, 5.74) is 1.58. The van der Waals surface area contributed by atoms with E-state index < -0.39 is 4.92 Å². The Morgan fingerprint density at radius 1 is 1.26 bits per heavy atom. The molecule has 2 aromatic carbocycles. The number of methoxy groups -OCH3 is 1. The van der Waals surface area contributed by atoms with Gasteiger partial charge in [-0.1, -0.05) is 23.9 Å². The van der Waals surface area contributed by atoms with Crippen molar-refractivity contribution in [2.24, 2.45) is 0 Å². The van der Waals surface area contributed by atoms with Gasteiger partial charge in [0, 0.05) is 24.9 Å². The SMILES string of the molecule is COc1ccc(-n2c(C)nnc2SCC(=O)N(C)C(C)c2cccc([N+](=O)[O-])c2)cc1. The molecule has 1 unspecified atom stereocenters. The van der Waals surface area contributed by atoms with Crippen molar-refractivity contribution < 1.29 is 14.5 Å². The summed E-state index contributed by atoms with van der Waals surface area (Å²) in [4.78, 5) is 24.9. The van der Waals surface area contributed by atoms with Crippen LogP contribution in [0.5, 0.6) is 5.75 Å². The maximum absolute atomic E-state index is 12.8. The fraction of sp³-hybridized carbons (Fsp3) is 0.286. The van der Waals surface area contributed by atoms with Crippen LogP contribution in [-0.4, -0.2) is 50.4 Å². The monoisotopic (exact) mass is 441 g/mol. The zero-order valence-electron chi connectivity index (χ0n) is 17.7. The molecule has 3 rings (SSSR count). The van der Waals surface area contributed by atoms with E-state index in [0.717, 1.165) is 11.4 Å². The number of ether oxygens (including phenoxy) is 1. The van der Waals surface area contributed by atoms with Gasteiger partial charge in [-0.15, -0.1) is 10.2 Å². The largest absolute Gasteiger partial charge is 0.497 e. The maximum Gasteiger partial charge on any atom is 0.269 e. The quantitative estimate of drug-likeness (QED) is 0.297. The molecule has 0 aliphatic rings. The molecule has 162 valence electrons. The van der Waals surface area contributed by atoms with E-state index in [0.29, 0.717) is 16.5 Å². The number of aryl methyl sites for hydroxylation is 1. The lowest BCUT2D eigenvalue weighted by Gasteiger charge is -2.25. The van der Waals surface area contributed by atoms with Crippen LogP contribution in [0.2, 0.25) is 0 Å². The van der Waals surface area contributed by atoms with Crippen molar-refractivity contribution in [1.82, 2.24) is 19.7 Å². The summed E-state index contributed by atoms with van der Waals surface area (Å²) >= 11 is 1.29. The highest BCUT2D eigenvalue weighted by Crippen LogP contribution is 2.26. The van der Waals surface area contributed by atoms with Crippen LogP contribution >= 0.6 is 11.8 Å².